The van der Waals surface area contributed by atoms with Crippen molar-refractivity contribution in [1.82, 2.24) is 10.2 Å². The molecule has 1 aliphatic heterocycles. The fourth-order valence-corrected chi connectivity index (χ4v) is 6.77. The summed E-state index contributed by atoms with van der Waals surface area (Å²) in [4.78, 5) is 53.4. The number of nitrogens with two attached hydrogens (primary N) is 1. The molecule has 1 aromatic carbocycles. The van der Waals surface area contributed by atoms with Gasteiger partial charge in [-0.05, 0) is 45.3 Å². The van der Waals surface area contributed by atoms with Gasteiger partial charge in [0.1, 0.15) is 22.9 Å². The van der Waals surface area contributed by atoms with Crippen LogP contribution in [-0.4, -0.2) is 87.0 Å². The van der Waals surface area contributed by atoms with Crippen molar-refractivity contribution in [2.24, 2.45) is 23.5 Å². The van der Waals surface area contributed by atoms with Gasteiger partial charge < -0.3 is 36.8 Å². The summed E-state index contributed by atoms with van der Waals surface area (Å²) in [5, 5.41) is 50.5. The number of anilines is 1. The van der Waals surface area contributed by atoms with Gasteiger partial charge in [-0.25, -0.2) is 4.39 Å². The van der Waals surface area contributed by atoms with Crippen molar-refractivity contribution in [2.75, 3.05) is 26.0 Å². The lowest BCUT2D eigenvalue weighted by atomic mass is 9.58. The first-order valence-electron chi connectivity index (χ1n) is 13.4. The first kappa shape index (κ1) is 28.7. The number of amides is 2. The van der Waals surface area contributed by atoms with E-state index in [2.05, 4.69) is 10.6 Å². The minimum Gasteiger partial charge on any atom is -0.510 e. The molecule has 5 atom stereocenters. The molecule has 0 fully saturated rings. The van der Waals surface area contributed by atoms with Gasteiger partial charge >= 0.3 is 0 Å². The van der Waals surface area contributed by atoms with Crippen LogP contribution < -0.4 is 16.4 Å². The molecule has 220 valence electrons. The lowest BCUT2D eigenvalue weighted by Crippen LogP contribution is -2.63. The van der Waals surface area contributed by atoms with E-state index in [0.717, 1.165) is 0 Å². The molecule has 1 unspecified atom stereocenters. The highest BCUT2D eigenvalue weighted by molar-refractivity contribution is 6.25. The predicted octanol–water partition coefficient (Wildman–Crippen LogP) is 0.369. The Balaban J connectivity index is 1.65. The van der Waals surface area contributed by atoms with Crippen molar-refractivity contribution in [3.63, 3.8) is 0 Å². The van der Waals surface area contributed by atoms with Crippen LogP contribution in [0.5, 0.6) is 5.75 Å². The molecular formula is C28H33FN4O8. The first-order chi connectivity index (χ1) is 19.1. The Hall–Kier alpha value is -3.81. The van der Waals surface area contributed by atoms with E-state index in [1.807, 2.05) is 13.8 Å². The Morgan fingerprint density at radius 3 is 2.41 bits per heavy atom. The van der Waals surface area contributed by atoms with Gasteiger partial charge in [0.05, 0.1) is 23.3 Å². The SMILES string of the molecule is CC(C)CNC1Cc2c(F)c3c(c(O)c2NC1=O)C(=O)C1=C(O)[C@]2(O)C(=O)C(C(N)=O)=C(O)[C@@H](N(C)C)[C@@H]2C[C@@H]1C3. The van der Waals surface area contributed by atoms with Crippen LogP contribution in [0, 0.1) is 23.6 Å². The number of hydrogen-bond acceptors (Lipinski definition) is 10. The summed E-state index contributed by atoms with van der Waals surface area (Å²) in [5.41, 5.74) is 0.396. The summed E-state index contributed by atoms with van der Waals surface area (Å²) in [6.45, 7) is 4.40. The molecule has 5 rings (SSSR count). The van der Waals surface area contributed by atoms with Crippen molar-refractivity contribution < 1.29 is 44.0 Å². The number of ketones is 2. The quantitative estimate of drug-likeness (QED) is 0.191. The van der Waals surface area contributed by atoms with Crippen molar-refractivity contribution >= 4 is 29.1 Å². The number of phenols is 1. The van der Waals surface area contributed by atoms with Gasteiger partial charge in [-0.1, -0.05) is 13.8 Å². The number of halogens is 1. The molecule has 0 saturated heterocycles. The van der Waals surface area contributed by atoms with Gasteiger partial charge in [-0.3, -0.25) is 24.1 Å². The number of carbonyl (C=O) groups is 4. The van der Waals surface area contributed by atoms with Gasteiger partial charge in [0, 0.05) is 29.0 Å². The zero-order valence-electron chi connectivity index (χ0n) is 23.0. The standard InChI is InChI=1S/C28H33FN4O8/c1-9(2)8-31-14-7-12-18(29)11-5-10-6-13-20(33(3)4)23(36)17(26(30)39)25(38)28(13,41)24(37)15(10)21(34)16(11)22(35)19(12)32-27(14)40/h9-10,13-14,20,31,35-37,41H,5-8H2,1-4H3,(H2,30,39)(H,32,40)/t10-,13-,14?,20-,28-/m0/s1. The van der Waals surface area contributed by atoms with Crippen LogP contribution in [-0.2, 0) is 27.2 Å². The normalized spacial score (nSPS) is 29.3. The molecule has 0 bridgehead atoms. The minimum atomic E-state index is -2.80. The van der Waals surface area contributed by atoms with Crippen molar-refractivity contribution in [3.8, 4) is 5.75 Å². The van der Waals surface area contributed by atoms with Crippen LogP contribution in [0.2, 0.25) is 0 Å². The number of primary amides is 1. The molecule has 1 heterocycles. The number of allylic oxidation sites excluding steroid dienone is 1. The largest absolute Gasteiger partial charge is 0.510 e. The molecule has 4 aliphatic rings. The Kier molecular flexibility index (Phi) is 6.75. The molecule has 41 heavy (non-hydrogen) atoms. The highest BCUT2D eigenvalue weighted by Crippen LogP contribution is 2.53. The number of phenolic OH excluding ortho intramolecular Hbond substituents is 1. The van der Waals surface area contributed by atoms with Gasteiger partial charge in [0.15, 0.2) is 17.1 Å². The van der Waals surface area contributed by atoms with Crippen LogP contribution in [0.15, 0.2) is 22.7 Å². The molecule has 1 aromatic rings. The third-order valence-electron chi connectivity index (χ3n) is 8.67. The summed E-state index contributed by atoms with van der Waals surface area (Å²) in [6.07, 6.45) is -0.404. The zero-order chi connectivity index (χ0) is 30.3. The van der Waals surface area contributed by atoms with Crippen LogP contribution in [0.1, 0.15) is 41.8 Å². The maximum atomic E-state index is 16.1. The highest BCUT2D eigenvalue weighted by atomic mass is 19.1. The van der Waals surface area contributed by atoms with E-state index in [1.165, 1.54) is 19.0 Å². The van der Waals surface area contributed by atoms with Crippen LogP contribution in [0.25, 0.3) is 0 Å². The molecule has 13 heteroatoms. The number of rotatable bonds is 5. The second-order valence-corrected chi connectivity index (χ2v) is 11.9. The molecular weight excluding hydrogens is 539 g/mol. The van der Waals surface area contributed by atoms with E-state index in [4.69, 9.17) is 5.73 Å². The second-order valence-electron chi connectivity index (χ2n) is 11.9. The number of aliphatic hydroxyl groups is 3. The fourth-order valence-electron chi connectivity index (χ4n) is 6.77. The van der Waals surface area contributed by atoms with Gasteiger partial charge in [0.25, 0.3) is 5.91 Å². The van der Waals surface area contributed by atoms with Gasteiger partial charge in [0.2, 0.25) is 11.7 Å². The smallest absolute Gasteiger partial charge is 0.255 e. The van der Waals surface area contributed by atoms with Crippen molar-refractivity contribution in [3.05, 3.63) is 45.2 Å². The molecule has 3 aliphatic carbocycles. The number of likely N-dealkylation sites (N-methyl/N-ethyl adjacent to an activating group) is 1. The lowest BCUT2D eigenvalue weighted by Gasteiger charge is -2.50. The van der Waals surface area contributed by atoms with E-state index in [-0.39, 0.29) is 42.0 Å². The summed E-state index contributed by atoms with van der Waals surface area (Å²) in [7, 11) is 3.05. The Morgan fingerprint density at radius 2 is 1.83 bits per heavy atom. The van der Waals surface area contributed by atoms with E-state index in [1.54, 1.807) is 0 Å². The van der Waals surface area contributed by atoms with Gasteiger partial charge in [-0.15, -0.1) is 0 Å². The molecule has 0 spiro atoms. The molecule has 2 amide bonds. The summed E-state index contributed by atoms with van der Waals surface area (Å²) in [6, 6.07) is -1.91. The van der Waals surface area contributed by atoms with E-state index in [9.17, 15) is 39.6 Å². The predicted molar refractivity (Wildman–Crippen MR) is 143 cm³/mol. The maximum absolute atomic E-state index is 16.1. The van der Waals surface area contributed by atoms with E-state index < -0.39 is 92.7 Å². The second kappa shape index (κ2) is 9.64. The average molecular weight is 573 g/mol. The molecule has 0 aromatic heterocycles. The summed E-state index contributed by atoms with van der Waals surface area (Å²) in [5.74, 6) is -9.31. The summed E-state index contributed by atoms with van der Waals surface area (Å²) < 4.78 is 16.1. The third-order valence-corrected chi connectivity index (χ3v) is 8.67. The minimum absolute atomic E-state index is 0.0320. The van der Waals surface area contributed by atoms with Crippen LogP contribution in [0.3, 0.4) is 0 Å². The Bertz CT molecular complexity index is 1480. The Labute approximate surface area is 234 Å². The molecule has 8 N–H and O–H groups in total. The molecule has 12 nitrogen and oxygen atoms in total. The Morgan fingerprint density at radius 1 is 1.17 bits per heavy atom. The number of aliphatic hydroxyl groups excluding tert-OH is 2. The number of carbonyl (C=O) groups excluding carboxylic acids is 4. The van der Waals surface area contributed by atoms with Gasteiger partial charge in [-0.2, -0.15) is 0 Å². The molecule has 0 radical (unpaired) electrons. The van der Waals surface area contributed by atoms with Crippen LogP contribution in [0.4, 0.5) is 10.1 Å². The summed E-state index contributed by atoms with van der Waals surface area (Å²) >= 11 is 0. The number of nitrogens with zero attached hydrogens (tertiary/aromatic N) is 1. The fraction of sp³-hybridized carbons (Fsp3) is 0.500. The number of benzene rings is 1. The maximum Gasteiger partial charge on any atom is 0.255 e. The number of hydrogen-bond donors (Lipinski definition) is 7. The number of Topliss-reactive ketones (excluding diaryl/α,β-unsaturated/α-hetero) is 2. The van der Waals surface area contributed by atoms with E-state index >= 15 is 4.39 Å². The monoisotopic (exact) mass is 572 g/mol. The zero-order valence-corrected chi connectivity index (χ0v) is 23.0. The van der Waals surface area contributed by atoms with Crippen molar-refractivity contribution in [1.29, 1.82) is 0 Å². The van der Waals surface area contributed by atoms with E-state index in [0.29, 0.717) is 6.54 Å². The highest BCUT2D eigenvalue weighted by Gasteiger charge is 2.63. The van der Waals surface area contributed by atoms with Crippen molar-refractivity contribution in [2.45, 2.75) is 50.8 Å². The number of fused-ring (bicyclic) bond motifs is 4. The first-order valence-corrected chi connectivity index (χ1v) is 13.4. The number of aromatic hydroxyl groups is 1. The number of nitrogens with one attached hydrogen (secondary N) is 2. The van der Waals surface area contributed by atoms with Crippen LogP contribution >= 0.6 is 0 Å². The third kappa shape index (κ3) is 3.97. The average Bonchev–Trinajstić information content (AvgIpc) is 2.87. The lowest BCUT2D eigenvalue weighted by molar-refractivity contribution is -0.148. The molecule has 0 saturated carbocycles. The topological polar surface area (TPSA) is 203 Å².